The summed E-state index contributed by atoms with van der Waals surface area (Å²) in [6, 6.07) is 25.9. The number of carbonyl (C=O) groups excluding carboxylic acids is 2. The third-order valence-electron chi connectivity index (χ3n) is 7.23. The highest BCUT2D eigenvalue weighted by Crippen LogP contribution is 2.27. The van der Waals surface area contributed by atoms with Crippen molar-refractivity contribution in [3.8, 4) is 17.1 Å². The van der Waals surface area contributed by atoms with Crippen LogP contribution in [0.2, 0.25) is 0 Å². The van der Waals surface area contributed by atoms with E-state index in [1.807, 2.05) is 47.3 Å². The molecule has 5 N–H and O–H groups in total. The van der Waals surface area contributed by atoms with Crippen LogP contribution in [0.4, 0.5) is 0 Å². The number of methoxy groups -OCH3 is 1. The second-order valence-electron chi connectivity index (χ2n) is 10.3. The first-order valence-corrected chi connectivity index (χ1v) is 14.3. The second-order valence-corrected chi connectivity index (χ2v) is 10.3. The van der Waals surface area contributed by atoms with Gasteiger partial charge in [-0.15, -0.1) is 0 Å². The number of aromatic nitrogens is 3. The number of carbonyl (C=O) groups is 2. The van der Waals surface area contributed by atoms with Gasteiger partial charge in [-0.3, -0.25) is 14.8 Å². The van der Waals surface area contributed by atoms with Gasteiger partial charge in [0.15, 0.2) is 5.96 Å². The predicted molar refractivity (Wildman–Crippen MR) is 169 cm³/mol. The molecule has 1 amide bonds. The average molecular weight is 578 g/mol. The van der Waals surface area contributed by atoms with Gasteiger partial charge in [-0.2, -0.15) is 5.10 Å². The average Bonchev–Trinajstić information content (AvgIpc) is 3.45. The summed E-state index contributed by atoms with van der Waals surface area (Å²) in [5.41, 5.74) is 14.2. The first kappa shape index (κ1) is 29.2. The van der Waals surface area contributed by atoms with Crippen LogP contribution in [0.1, 0.15) is 31.4 Å². The van der Waals surface area contributed by atoms with E-state index in [-0.39, 0.29) is 18.3 Å². The quantitative estimate of drug-likeness (QED) is 0.0867. The fourth-order valence-electron chi connectivity index (χ4n) is 5.06. The Morgan fingerprint density at radius 3 is 2.40 bits per heavy atom. The number of aliphatic imine (C=N–C) groups is 1. The maximum absolute atomic E-state index is 12.7. The van der Waals surface area contributed by atoms with Crippen LogP contribution in [-0.4, -0.2) is 52.3 Å². The van der Waals surface area contributed by atoms with Crippen molar-refractivity contribution in [2.75, 3.05) is 13.7 Å². The van der Waals surface area contributed by atoms with E-state index in [1.165, 1.54) is 7.11 Å². The summed E-state index contributed by atoms with van der Waals surface area (Å²) < 4.78 is 6.78. The summed E-state index contributed by atoms with van der Waals surface area (Å²) in [5, 5.41) is 12.2. The number of rotatable bonds is 12. The molecule has 10 nitrogen and oxygen atoms in total. The lowest BCUT2D eigenvalue weighted by atomic mass is 10.1. The number of nitrogens with one attached hydrogen (secondary N) is 1. The van der Waals surface area contributed by atoms with Gasteiger partial charge in [-0.25, -0.2) is 9.48 Å². The maximum Gasteiger partial charge on any atom is 0.328 e. The zero-order chi connectivity index (χ0) is 30.2. The highest BCUT2D eigenvalue weighted by atomic mass is 16.5. The number of nitrogens with zero attached hydrogens (tertiary/aromatic N) is 4. The summed E-state index contributed by atoms with van der Waals surface area (Å²) in [4.78, 5) is 33.6. The molecule has 43 heavy (non-hydrogen) atoms. The molecule has 0 saturated heterocycles. The van der Waals surface area contributed by atoms with Crippen molar-refractivity contribution in [2.45, 2.75) is 38.1 Å². The molecule has 5 aromatic rings. The van der Waals surface area contributed by atoms with Crippen LogP contribution >= 0.6 is 0 Å². The highest BCUT2D eigenvalue weighted by Gasteiger charge is 2.21. The zero-order valence-electron chi connectivity index (χ0n) is 24.1. The molecule has 0 aliphatic heterocycles. The summed E-state index contributed by atoms with van der Waals surface area (Å²) in [5.74, 6) is -0.747. The number of aryl methyl sites for hydroxylation is 1. The van der Waals surface area contributed by atoms with Crippen LogP contribution in [0.15, 0.2) is 90.1 Å². The molecule has 0 aliphatic carbocycles. The number of ether oxygens (including phenoxy) is 1. The molecule has 1 atom stereocenters. The molecule has 220 valence electrons. The minimum atomic E-state index is -0.760. The molecule has 3 aromatic carbocycles. The number of amides is 1. The number of benzene rings is 3. The van der Waals surface area contributed by atoms with Crippen molar-refractivity contribution in [1.82, 2.24) is 20.1 Å². The first-order chi connectivity index (χ1) is 20.9. The van der Waals surface area contributed by atoms with Crippen molar-refractivity contribution < 1.29 is 14.3 Å². The number of fused-ring (bicyclic) bond motifs is 2. The van der Waals surface area contributed by atoms with Gasteiger partial charge in [0.2, 0.25) is 5.91 Å². The molecule has 0 aliphatic rings. The van der Waals surface area contributed by atoms with Crippen LogP contribution in [-0.2, 0) is 20.7 Å². The Morgan fingerprint density at radius 2 is 1.65 bits per heavy atom. The number of nitrogens with two attached hydrogens (primary N) is 2. The predicted octanol–water partition coefficient (Wildman–Crippen LogP) is 4.27. The third-order valence-corrected chi connectivity index (χ3v) is 7.23. The lowest BCUT2D eigenvalue weighted by Gasteiger charge is -2.16. The van der Waals surface area contributed by atoms with Gasteiger partial charge in [0.1, 0.15) is 6.04 Å². The Labute approximate surface area is 249 Å². The molecule has 0 spiro atoms. The van der Waals surface area contributed by atoms with E-state index in [4.69, 9.17) is 26.3 Å². The van der Waals surface area contributed by atoms with Crippen molar-refractivity contribution >= 4 is 39.4 Å². The number of hydrogen-bond acceptors (Lipinski definition) is 6. The molecule has 0 bridgehead atoms. The third kappa shape index (κ3) is 7.34. The van der Waals surface area contributed by atoms with E-state index >= 15 is 0 Å². The summed E-state index contributed by atoms with van der Waals surface area (Å²) in [7, 11) is 1.30. The minimum absolute atomic E-state index is 0.0127. The van der Waals surface area contributed by atoms with E-state index in [0.29, 0.717) is 32.2 Å². The molecule has 0 saturated carbocycles. The molecule has 0 unspecified atom stereocenters. The van der Waals surface area contributed by atoms with E-state index in [9.17, 15) is 9.59 Å². The van der Waals surface area contributed by atoms with Crippen LogP contribution in [0.25, 0.3) is 38.6 Å². The summed E-state index contributed by atoms with van der Waals surface area (Å²) in [6.07, 6.45) is 4.12. The van der Waals surface area contributed by atoms with Gasteiger partial charge >= 0.3 is 5.97 Å². The number of pyridine rings is 1. The largest absolute Gasteiger partial charge is 0.467 e. The van der Waals surface area contributed by atoms with Crippen molar-refractivity contribution in [2.24, 2.45) is 16.5 Å². The minimum Gasteiger partial charge on any atom is -0.467 e. The zero-order valence-corrected chi connectivity index (χ0v) is 24.1. The molecule has 0 radical (unpaired) electrons. The number of esters is 1. The van der Waals surface area contributed by atoms with Crippen LogP contribution in [0, 0.1) is 0 Å². The van der Waals surface area contributed by atoms with Crippen LogP contribution < -0.4 is 16.8 Å². The number of hydrogen-bond donors (Lipinski definition) is 3. The monoisotopic (exact) mass is 577 g/mol. The Kier molecular flexibility index (Phi) is 9.26. The van der Waals surface area contributed by atoms with Crippen molar-refractivity contribution in [1.29, 1.82) is 0 Å². The first-order valence-electron chi connectivity index (χ1n) is 14.3. The van der Waals surface area contributed by atoms with Crippen LogP contribution in [0.5, 0.6) is 0 Å². The summed E-state index contributed by atoms with van der Waals surface area (Å²) in [6.45, 7) is 0.361. The number of guanidine groups is 1. The van der Waals surface area contributed by atoms with E-state index < -0.39 is 12.0 Å². The Hall–Kier alpha value is -5.25. The molecule has 0 fully saturated rings. The van der Waals surface area contributed by atoms with Crippen LogP contribution in [0.3, 0.4) is 0 Å². The topological polar surface area (TPSA) is 151 Å². The normalized spacial score (nSPS) is 11.7. The molecular weight excluding hydrogens is 542 g/mol. The lowest BCUT2D eigenvalue weighted by molar-refractivity contribution is -0.145. The van der Waals surface area contributed by atoms with Gasteiger partial charge < -0.3 is 21.5 Å². The Bertz CT molecular complexity index is 1680. The SMILES string of the molecule is COC(=O)[C@H](CCCN=C(N)N)NC(=O)CCCc1cc(-c2cc3ccccc3cn2)n(-c2ccc3ccccc3c2)n1. The fraction of sp³-hybridized carbons (Fsp3) is 0.242. The highest BCUT2D eigenvalue weighted by molar-refractivity contribution is 5.87. The van der Waals surface area contributed by atoms with Gasteiger partial charge in [-0.05, 0) is 66.1 Å². The van der Waals surface area contributed by atoms with E-state index in [2.05, 4.69) is 52.8 Å². The van der Waals surface area contributed by atoms with E-state index in [1.54, 1.807) is 0 Å². The van der Waals surface area contributed by atoms with Gasteiger partial charge in [-0.1, -0.05) is 54.6 Å². The smallest absolute Gasteiger partial charge is 0.328 e. The molecule has 2 aromatic heterocycles. The molecule has 2 heterocycles. The Balaban J connectivity index is 1.33. The molecular formula is C33H35N7O3. The Morgan fingerprint density at radius 1 is 0.930 bits per heavy atom. The molecule has 10 heteroatoms. The van der Waals surface area contributed by atoms with Gasteiger partial charge in [0.25, 0.3) is 0 Å². The van der Waals surface area contributed by atoms with Crippen molar-refractivity contribution in [3.63, 3.8) is 0 Å². The van der Waals surface area contributed by atoms with Gasteiger partial charge in [0, 0.05) is 24.5 Å². The maximum atomic E-state index is 12.7. The fourth-order valence-corrected chi connectivity index (χ4v) is 5.06. The van der Waals surface area contributed by atoms with Crippen molar-refractivity contribution in [3.05, 3.63) is 90.8 Å². The molecule has 5 rings (SSSR count). The summed E-state index contributed by atoms with van der Waals surface area (Å²) >= 11 is 0. The lowest BCUT2D eigenvalue weighted by Crippen LogP contribution is -2.41. The van der Waals surface area contributed by atoms with Gasteiger partial charge in [0.05, 0.1) is 29.9 Å². The van der Waals surface area contributed by atoms with E-state index in [0.717, 1.165) is 44.3 Å². The second kappa shape index (κ2) is 13.6. The standard InChI is InChI=1S/C33H35N7O3/c1-43-32(42)28(13-7-17-36-33(34)35)38-31(41)14-6-12-26-20-30(29-19-24-10-4-5-11-25(24)21-37-29)40(39-26)27-16-15-22-8-2-3-9-23(22)18-27/h2-5,8-11,15-16,18-21,28H,6-7,12-14,17H2,1H3,(H,38,41)(H4,34,35,36)/t28-/m0/s1.